The summed E-state index contributed by atoms with van der Waals surface area (Å²) in [5.41, 5.74) is 1.81. The van der Waals surface area contributed by atoms with E-state index in [4.69, 9.17) is 4.98 Å². The lowest BCUT2D eigenvalue weighted by atomic mass is 9.90. The summed E-state index contributed by atoms with van der Waals surface area (Å²) in [7, 11) is 3.99. The number of hydrogen-bond acceptors (Lipinski definition) is 7. The minimum Gasteiger partial charge on any atom is -0.355 e. The van der Waals surface area contributed by atoms with Crippen molar-refractivity contribution in [3.63, 3.8) is 0 Å². The minimum atomic E-state index is 0.0546. The lowest BCUT2D eigenvalue weighted by Gasteiger charge is -2.35. The highest BCUT2D eigenvalue weighted by atomic mass is 32.1. The smallest absolute Gasteiger partial charge is 0.229 e. The number of carbonyl (C=O) groups excluding carboxylic acids is 1. The van der Waals surface area contributed by atoms with E-state index in [2.05, 4.69) is 38.0 Å². The second kappa shape index (κ2) is 7.75. The Morgan fingerprint density at radius 1 is 1.29 bits per heavy atom. The summed E-state index contributed by atoms with van der Waals surface area (Å²) >= 11 is 1.67. The third-order valence-electron chi connectivity index (χ3n) is 5.23. The molecule has 28 heavy (non-hydrogen) atoms. The first kappa shape index (κ1) is 18.7. The summed E-state index contributed by atoms with van der Waals surface area (Å²) in [5, 5.41) is 12.5. The van der Waals surface area contributed by atoms with Gasteiger partial charge in [-0.25, -0.2) is 4.98 Å². The average Bonchev–Trinajstić information content (AvgIpc) is 3.29. The van der Waals surface area contributed by atoms with Crippen molar-refractivity contribution in [3.05, 3.63) is 23.8 Å². The van der Waals surface area contributed by atoms with Crippen LogP contribution in [0.1, 0.15) is 32.6 Å². The fraction of sp³-hybridized carbons (Fsp3) is 0.474. The molecular formula is C19H25N7OS. The van der Waals surface area contributed by atoms with Gasteiger partial charge in [-0.05, 0) is 37.1 Å². The van der Waals surface area contributed by atoms with Gasteiger partial charge < -0.3 is 15.5 Å². The monoisotopic (exact) mass is 399 g/mol. The van der Waals surface area contributed by atoms with E-state index < -0.39 is 0 Å². The van der Waals surface area contributed by atoms with Crippen LogP contribution >= 0.6 is 11.3 Å². The number of aromatic nitrogens is 4. The van der Waals surface area contributed by atoms with Gasteiger partial charge in [0.15, 0.2) is 5.82 Å². The molecule has 0 radical (unpaired) electrons. The van der Waals surface area contributed by atoms with Gasteiger partial charge in [0, 0.05) is 39.3 Å². The van der Waals surface area contributed by atoms with E-state index >= 15 is 0 Å². The Hall–Kier alpha value is -2.68. The fourth-order valence-corrected chi connectivity index (χ4v) is 4.69. The van der Waals surface area contributed by atoms with Crippen molar-refractivity contribution in [2.75, 3.05) is 17.3 Å². The molecule has 3 aromatic heterocycles. The third kappa shape index (κ3) is 3.94. The van der Waals surface area contributed by atoms with Gasteiger partial charge >= 0.3 is 0 Å². The first-order valence-electron chi connectivity index (χ1n) is 9.50. The summed E-state index contributed by atoms with van der Waals surface area (Å²) in [6.45, 7) is 1.59. The Kier molecular flexibility index (Phi) is 5.17. The molecule has 148 valence electrons. The van der Waals surface area contributed by atoms with Gasteiger partial charge in [0.2, 0.25) is 11.9 Å². The van der Waals surface area contributed by atoms with Crippen molar-refractivity contribution in [3.8, 4) is 0 Å². The van der Waals surface area contributed by atoms with Crippen molar-refractivity contribution in [1.29, 1.82) is 0 Å². The summed E-state index contributed by atoms with van der Waals surface area (Å²) in [6, 6.07) is 2.72. The second-order valence-electron chi connectivity index (χ2n) is 7.35. The van der Waals surface area contributed by atoms with E-state index in [0.717, 1.165) is 47.4 Å². The first-order chi connectivity index (χ1) is 13.5. The van der Waals surface area contributed by atoms with E-state index in [-0.39, 0.29) is 11.9 Å². The molecule has 0 bridgehead atoms. The number of anilines is 3. The van der Waals surface area contributed by atoms with Crippen LogP contribution < -0.4 is 15.5 Å². The van der Waals surface area contributed by atoms with E-state index in [0.29, 0.717) is 12.0 Å². The average molecular weight is 400 g/mol. The molecule has 9 heteroatoms. The normalized spacial score (nSPS) is 19.5. The molecule has 0 unspecified atom stereocenters. The maximum Gasteiger partial charge on any atom is 0.229 e. The van der Waals surface area contributed by atoms with E-state index in [1.165, 1.54) is 0 Å². The number of aryl methyl sites for hydroxylation is 1. The van der Waals surface area contributed by atoms with Gasteiger partial charge in [0.05, 0.1) is 22.1 Å². The highest BCUT2D eigenvalue weighted by Gasteiger charge is 2.26. The minimum absolute atomic E-state index is 0.0546. The summed E-state index contributed by atoms with van der Waals surface area (Å²) in [6.07, 6.45) is 7.71. The van der Waals surface area contributed by atoms with Gasteiger partial charge in [0.25, 0.3) is 0 Å². The van der Waals surface area contributed by atoms with Crippen LogP contribution in [0.3, 0.4) is 0 Å². The number of fused-ring (bicyclic) bond motifs is 1. The molecular weight excluding hydrogens is 374 g/mol. The van der Waals surface area contributed by atoms with Crippen molar-refractivity contribution >= 4 is 44.9 Å². The van der Waals surface area contributed by atoms with Crippen molar-refractivity contribution in [2.45, 2.75) is 44.7 Å². The molecule has 1 amide bonds. The van der Waals surface area contributed by atoms with Gasteiger partial charge in [-0.2, -0.15) is 10.1 Å². The number of amides is 1. The third-order valence-corrected chi connectivity index (χ3v) is 6.13. The van der Waals surface area contributed by atoms with E-state index in [1.54, 1.807) is 29.1 Å². The molecule has 4 rings (SSSR count). The number of hydrogen-bond donors (Lipinski definition) is 2. The van der Waals surface area contributed by atoms with Crippen molar-refractivity contribution in [2.24, 2.45) is 7.05 Å². The maximum atomic E-state index is 11.3. The van der Waals surface area contributed by atoms with Crippen LogP contribution in [0.5, 0.6) is 0 Å². The van der Waals surface area contributed by atoms with Crippen molar-refractivity contribution in [1.82, 2.24) is 25.1 Å². The molecule has 3 aromatic rings. The Morgan fingerprint density at radius 2 is 2.07 bits per heavy atom. The van der Waals surface area contributed by atoms with Crippen LogP contribution in [0.25, 0.3) is 10.2 Å². The highest BCUT2D eigenvalue weighted by molar-refractivity contribution is 7.17. The van der Waals surface area contributed by atoms with E-state index in [9.17, 15) is 4.79 Å². The maximum absolute atomic E-state index is 11.3. The molecule has 1 saturated carbocycles. The zero-order valence-corrected chi connectivity index (χ0v) is 17.2. The van der Waals surface area contributed by atoms with Crippen molar-refractivity contribution < 1.29 is 4.79 Å². The first-order valence-corrected chi connectivity index (χ1v) is 10.4. The van der Waals surface area contributed by atoms with Crippen LogP contribution in [0, 0.1) is 0 Å². The van der Waals surface area contributed by atoms with Crippen LogP contribution in [0.15, 0.2) is 23.8 Å². The topological polar surface area (TPSA) is 88.0 Å². The zero-order valence-electron chi connectivity index (χ0n) is 16.3. The molecule has 0 aromatic carbocycles. The summed E-state index contributed by atoms with van der Waals surface area (Å²) in [5.74, 6) is 1.58. The molecule has 1 aliphatic carbocycles. The van der Waals surface area contributed by atoms with Gasteiger partial charge in [0.1, 0.15) is 0 Å². The van der Waals surface area contributed by atoms with Crippen LogP contribution in [-0.2, 0) is 11.8 Å². The van der Waals surface area contributed by atoms with Crippen LogP contribution in [-0.4, -0.2) is 44.8 Å². The second-order valence-corrected chi connectivity index (χ2v) is 8.27. The predicted octanol–water partition coefficient (Wildman–Crippen LogP) is 3.05. The predicted molar refractivity (Wildman–Crippen MR) is 112 cm³/mol. The lowest BCUT2D eigenvalue weighted by molar-refractivity contribution is -0.119. The number of nitrogens with zero attached hydrogens (tertiary/aromatic N) is 5. The zero-order chi connectivity index (χ0) is 19.7. The molecule has 2 N–H and O–H groups in total. The fourth-order valence-electron chi connectivity index (χ4n) is 3.83. The molecule has 1 fully saturated rings. The Morgan fingerprint density at radius 3 is 2.75 bits per heavy atom. The highest BCUT2D eigenvalue weighted by Crippen LogP contribution is 2.34. The number of carbonyl (C=O) groups is 1. The molecule has 1 aliphatic rings. The number of nitrogens with one attached hydrogen (secondary N) is 2. The Balaban J connectivity index is 1.55. The summed E-state index contributed by atoms with van der Waals surface area (Å²) in [4.78, 5) is 23.1. The Bertz CT molecular complexity index is 974. The lowest BCUT2D eigenvalue weighted by Crippen LogP contribution is -2.42. The molecule has 0 aliphatic heterocycles. The summed E-state index contributed by atoms with van der Waals surface area (Å²) < 4.78 is 2.84. The largest absolute Gasteiger partial charge is 0.355 e. The molecule has 8 nitrogen and oxygen atoms in total. The number of thiophene rings is 1. The SMILES string of the molecule is CC(=O)N[C@H]1CC[C@@H](N(C)c2nc(Nc3cnn(C)c3)nc3ccsc23)CC1. The molecule has 0 saturated heterocycles. The van der Waals surface area contributed by atoms with Crippen LogP contribution in [0.4, 0.5) is 17.5 Å². The van der Waals surface area contributed by atoms with Gasteiger partial charge in [-0.3, -0.25) is 9.48 Å². The standard InChI is InChI=1S/C19H25N7OS/c1-12(27)21-13-4-6-15(7-5-13)26(3)18-17-16(8-9-28-17)23-19(24-18)22-14-10-20-25(2)11-14/h8-11,13,15H,4-7H2,1-3H3,(H,21,27)(H,22,23,24)/t13-,15+. The van der Waals surface area contributed by atoms with Gasteiger partial charge in [-0.1, -0.05) is 0 Å². The van der Waals surface area contributed by atoms with Crippen LogP contribution in [0.2, 0.25) is 0 Å². The Labute approximate surface area is 168 Å². The number of rotatable bonds is 5. The quantitative estimate of drug-likeness (QED) is 0.686. The molecule has 3 heterocycles. The van der Waals surface area contributed by atoms with E-state index in [1.807, 2.05) is 19.3 Å². The molecule has 0 spiro atoms. The van der Waals surface area contributed by atoms with Gasteiger partial charge in [-0.15, -0.1) is 11.3 Å². The molecule has 0 atom stereocenters.